The Morgan fingerprint density at radius 3 is 3.00 bits per heavy atom. The summed E-state index contributed by atoms with van der Waals surface area (Å²) in [5.41, 5.74) is 0.930. The third kappa shape index (κ3) is 2.29. The molecule has 20 heavy (non-hydrogen) atoms. The molecule has 6 nitrogen and oxygen atoms in total. The van der Waals surface area contributed by atoms with Crippen molar-refractivity contribution in [1.82, 2.24) is 10.2 Å². The van der Waals surface area contributed by atoms with Gasteiger partial charge in [0, 0.05) is 11.3 Å². The van der Waals surface area contributed by atoms with E-state index >= 15 is 0 Å². The molecule has 0 saturated carbocycles. The Balaban J connectivity index is 1.70. The van der Waals surface area contributed by atoms with E-state index in [9.17, 15) is 9.59 Å². The number of para-hydroxylation sites is 1. The molecule has 2 atom stereocenters. The number of carboxylic acid groups (broad SMARTS) is 1. The van der Waals surface area contributed by atoms with Crippen LogP contribution in [-0.4, -0.2) is 46.3 Å². The fraction of sp³-hybridized carbons (Fsp3) is 0.385. The number of urea groups is 1. The molecule has 0 aliphatic carbocycles. The number of nitrogens with zero attached hydrogens (tertiary/aromatic N) is 1. The number of ether oxygens (including phenoxy) is 1. The van der Waals surface area contributed by atoms with Crippen LogP contribution in [0.3, 0.4) is 0 Å². The maximum absolute atomic E-state index is 12.2. The molecule has 0 spiro atoms. The number of benzene rings is 1. The summed E-state index contributed by atoms with van der Waals surface area (Å²) in [6, 6.07) is 6.19. The van der Waals surface area contributed by atoms with Crippen molar-refractivity contribution < 1.29 is 19.4 Å². The van der Waals surface area contributed by atoms with Crippen LogP contribution in [0.15, 0.2) is 24.3 Å². The third-order valence-corrected chi connectivity index (χ3v) is 4.44. The Bertz CT molecular complexity index is 551. The smallest absolute Gasteiger partial charge is 0.327 e. The van der Waals surface area contributed by atoms with Crippen LogP contribution < -0.4 is 10.1 Å². The van der Waals surface area contributed by atoms with Crippen LogP contribution in [0.25, 0.3) is 0 Å². The van der Waals surface area contributed by atoms with Gasteiger partial charge >= 0.3 is 12.0 Å². The van der Waals surface area contributed by atoms with E-state index in [1.807, 2.05) is 24.3 Å². The lowest BCUT2D eigenvalue weighted by Gasteiger charge is -2.23. The van der Waals surface area contributed by atoms with E-state index in [0.29, 0.717) is 18.2 Å². The molecule has 3 rings (SSSR count). The minimum absolute atomic E-state index is 0.223. The summed E-state index contributed by atoms with van der Waals surface area (Å²) in [5, 5.41) is 11.9. The molecule has 1 aromatic rings. The van der Waals surface area contributed by atoms with Gasteiger partial charge in [0.25, 0.3) is 0 Å². The van der Waals surface area contributed by atoms with E-state index in [1.54, 1.807) is 0 Å². The molecule has 1 saturated heterocycles. The quantitative estimate of drug-likeness (QED) is 0.859. The van der Waals surface area contributed by atoms with Crippen molar-refractivity contribution in [2.75, 3.05) is 18.2 Å². The van der Waals surface area contributed by atoms with E-state index < -0.39 is 12.0 Å². The van der Waals surface area contributed by atoms with Gasteiger partial charge in [0.05, 0.1) is 11.9 Å². The summed E-state index contributed by atoms with van der Waals surface area (Å²) in [7, 11) is 0. The number of carboxylic acids is 1. The lowest BCUT2D eigenvalue weighted by atomic mass is 10.1. The summed E-state index contributed by atoms with van der Waals surface area (Å²) in [6.45, 7) is 0.379. The van der Waals surface area contributed by atoms with E-state index in [4.69, 9.17) is 9.84 Å². The Labute approximate surface area is 120 Å². The van der Waals surface area contributed by atoms with E-state index in [1.165, 1.54) is 16.7 Å². The minimum atomic E-state index is -0.965. The summed E-state index contributed by atoms with van der Waals surface area (Å²) in [6.07, 6.45) is 0. The summed E-state index contributed by atoms with van der Waals surface area (Å²) >= 11 is 1.44. The zero-order valence-corrected chi connectivity index (χ0v) is 11.4. The molecule has 2 heterocycles. The van der Waals surface area contributed by atoms with Crippen molar-refractivity contribution in [3.05, 3.63) is 29.8 Å². The van der Waals surface area contributed by atoms with Crippen LogP contribution in [0.1, 0.15) is 11.6 Å². The first-order chi connectivity index (χ1) is 9.66. The third-order valence-electron chi connectivity index (χ3n) is 3.43. The van der Waals surface area contributed by atoms with Crippen LogP contribution in [0.2, 0.25) is 0 Å². The van der Waals surface area contributed by atoms with Crippen LogP contribution in [0.4, 0.5) is 4.79 Å². The second kappa shape index (κ2) is 5.24. The normalized spacial score (nSPS) is 24.1. The highest BCUT2D eigenvalue weighted by atomic mass is 32.2. The van der Waals surface area contributed by atoms with Crippen LogP contribution in [-0.2, 0) is 4.79 Å². The SMILES string of the molecule is O=C(O)C1CSCN1C(=O)NC1COc2ccccc21. The fourth-order valence-corrected chi connectivity index (χ4v) is 3.51. The first-order valence-corrected chi connectivity index (χ1v) is 7.41. The van der Waals surface area contributed by atoms with Gasteiger partial charge in [-0.1, -0.05) is 18.2 Å². The molecule has 7 heteroatoms. The Morgan fingerprint density at radius 2 is 2.20 bits per heavy atom. The lowest BCUT2D eigenvalue weighted by molar-refractivity contribution is -0.140. The fourth-order valence-electron chi connectivity index (χ4n) is 2.36. The minimum Gasteiger partial charge on any atom is -0.491 e. The van der Waals surface area contributed by atoms with Crippen LogP contribution >= 0.6 is 11.8 Å². The second-order valence-electron chi connectivity index (χ2n) is 4.67. The van der Waals surface area contributed by atoms with Gasteiger partial charge < -0.3 is 20.1 Å². The Kier molecular flexibility index (Phi) is 3.43. The van der Waals surface area contributed by atoms with Gasteiger partial charge in [0.2, 0.25) is 0 Å². The van der Waals surface area contributed by atoms with Crippen LogP contribution in [0.5, 0.6) is 5.75 Å². The summed E-state index contributed by atoms with van der Waals surface area (Å²) in [5.74, 6) is 0.634. The van der Waals surface area contributed by atoms with Crippen LogP contribution in [0, 0.1) is 0 Å². The highest BCUT2D eigenvalue weighted by Crippen LogP contribution is 2.32. The molecule has 2 aliphatic rings. The maximum Gasteiger partial charge on any atom is 0.327 e. The first kappa shape index (κ1) is 13.1. The van der Waals surface area contributed by atoms with Gasteiger partial charge in [-0.15, -0.1) is 11.8 Å². The zero-order chi connectivity index (χ0) is 14.1. The summed E-state index contributed by atoms with van der Waals surface area (Å²) < 4.78 is 5.49. The van der Waals surface area contributed by atoms with Gasteiger partial charge in [-0.25, -0.2) is 9.59 Å². The monoisotopic (exact) mass is 294 g/mol. The molecular formula is C13H14N2O4S. The number of nitrogens with one attached hydrogen (secondary N) is 1. The number of hydrogen-bond acceptors (Lipinski definition) is 4. The van der Waals surface area contributed by atoms with E-state index in [0.717, 1.165) is 11.3 Å². The number of hydrogen-bond donors (Lipinski definition) is 2. The van der Waals surface area contributed by atoms with Gasteiger partial charge in [-0.3, -0.25) is 0 Å². The molecule has 2 amide bonds. The number of carbonyl (C=O) groups is 2. The number of fused-ring (bicyclic) bond motifs is 1. The van der Waals surface area contributed by atoms with Gasteiger partial charge in [0.15, 0.2) is 0 Å². The Hall–Kier alpha value is -1.89. The highest BCUT2D eigenvalue weighted by Gasteiger charge is 2.36. The molecule has 2 aliphatic heterocycles. The van der Waals surface area contributed by atoms with E-state index in [2.05, 4.69) is 5.32 Å². The molecule has 0 bridgehead atoms. The molecule has 2 unspecified atom stereocenters. The molecule has 1 fully saturated rings. The van der Waals surface area contributed by atoms with Gasteiger partial charge in [-0.05, 0) is 6.07 Å². The predicted octanol–water partition coefficient (Wildman–Crippen LogP) is 1.29. The lowest BCUT2D eigenvalue weighted by Crippen LogP contribution is -2.48. The number of amides is 2. The number of thioether (sulfide) groups is 1. The molecule has 1 aromatic carbocycles. The van der Waals surface area contributed by atoms with Crippen molar-refractivity contribution in [2.45, 2.75) is 12.1 Å². The molecule has 106 valence electrons. The van der Waals surface area contributed by atoms with Crippen molar-refractivity contribution in [3.63, 3.8) is 0 Å². The number of aliphatic carboxylic acids is 1. The predicted molar refractivity (Wildman–Crippen MR) is 73.8 cm³/mol. The number of rotatable bonds is 2. The topological polar surface area (TPSA) is 78.9 Å². The standard InChI is InChI=1S/C13H14N2O4S/c16-12(17)10-6-20-7-15(10)13(18)14-9-5-19-11-4-2-1-3-8(9)11/h1-4,9-10H,5-7H2,(H,14,18)(H,16,17). The second-order valence-corrected chi connectivity index (χ2v) is 5.67. The van der Waals surface area contributed by atoms with Gasteiger partial charge in [0.1, 0.15) is 18.4 Å². The summed E-state index contributed by atoms with van der Waals surface area (Å²) in [4.78, 5) is 24.7. The first-order valence-electron chi connectivity index (χ1n) is 6.26. The average Bonchev–Trinajstić information content (AvgIpc) is 3.06. The molecular weight excluding hydrogens is 280 g/mol. The van der Waals surface area contributed by atoms with Gasteiger partial charge in [-0.2, -0.15) is 0 Å². The molecule has 2 N–H and O–H groups in total. The zero-order valence-electron chi connectivity index (χ0n) is 10.6. The molecule has 0 radical (unpaired) electrons. The number of carbonyl (C=O) groups excluding carboxylic acids is 1. The largest absolute Gasteiger partial charge is 0.491 e. The van der Waals surface area contributed by atoms with Crippen molar-refractivity contribution in [3.8, 4) is 5.75 Å². The van der Waals surface area contributed by atoms with Crippen molar-refractivity contribution in [2.24, 2.45) is 0 Å². The maximum atomic E-state index is 12.2. The van der Waals surface area contributed by atoms with Crippen molar-refractivity contribution >= 4 is 23.8 Å². The van der Waals surface area contributed by atoms with Crippen molar-refractivity contribution in [1.29, 1.82) is 0 Å². The molecule has 0 aromatic heterocycles. The average molecular weight is 294 g/mol. The highest BCUT2D eigenvalue weighted by molar-refractivity contribution is 7.99. The van der Waals surface area contributed by atoms with E-state index in [-0.39, 0.29) is 12.1 Å². The Morgan fingerprint density at radius 1 is 1.40 bits per heavy atom.